The number of para-hydroxylation sites is 2. The Bertz CT molecular complexity index is 751. The molecule has 3 rings (SSSR count). The predicted octanol–water partition coefficient (Wildman–Crippen LogP) is 2.37. The number of carbonyl (C=O) groups is 2. The topological polar surface area (TPSA) is 58.6 Å². The molecule has 130 valence electrons. The summed E-state index contributed by atoms with van der Waals surface area (Å²) in [6.07, 6.45) is 0.392. The first-order chi connectivity index (χ1) is 12.1. The Hall–Kier alpha value is -2.89. The standard InChI is InChI=1S/C19H19FN2O3/c20-16-8-4-5-9-17(16)25-13-18(23)21-11-14-10-19(24)22(12-14)15-6-2-1-3-7-15/h1-9,14H,10-13H2,(H,21,23). The molecule has 1 aliphatic rings. The third-order valence-electron chi connectivity index (χ3n) is 4.06. The van der Waals surface area contributed by atoms with Gasteiger partial charge in [0.15, 0.2) is 18.2 Å². The quantitative estimate of drug-likeness (QED) is 0.877. The summed E-state index contributed by atoms with van der Waals surface area (Å²) < 4.78 is 18.6. The Morgan fingerprint density at radius 1 is 1.16 bits per heavy atom. The summed E-state index contributed by atoms with van der Waals surface area (Å²) in [6.45, 7) is 0.690. The van der Waals surface area contributed by atoms with Crippen molar-refractivity contribution < 1.29 is 18.7 Å². The Labute approximate surface area is 145 Å². The lowest BCUT2D eigenvalue weighted by Gasteiger charge is -2.17. The molecule has 1 heterocycles. The van der Waals surface area contributed by atoms with Gasteiger partial charge in [-0.1, -0.05) is 30.3 Å². The van der Waals surface area contributed by atoms with Crippen LogP contribution in [0.2, 0.25) is 0 Å². The van der Waals surface area contributed by atoms with Crippen LogP contribution in [0.5, 0.6) is 5.75 Å². The second-order valence-electron chi connectivity index (χ2n) is 5.93. The van der Waals surface area contributed by atoms with Crippen molar-refractivity contribution in [1.82, 2.24) is 5.32 Å². The van der Waals surface area contributed by atoms with Crippen molar-refractivity contribution in [3.8, 4) is 5.75 Å². The molecule has 1 N–H and O–H groups in total. The first kappa shape index (κ1) is 17.0. The van der Waals surface area contributed by atoms with Crippen molar-refractivity contribution >= 4 is 17.5 Å². The van der Waals surface area contributed by atoms with Gasteiger partial charge in [0.25, 0.3) is 5.91 Å². The fourth-order valence-corrected chi connectivity index (χ4v) is 2.79. The Kier molecular flexibility index (Phi) is 5.28. The van der Waals surface area contributed by atoms with Crippen LogP contribution >= 0.6 is 0 Å². The lowest BCUT2D eigenvalue weighted by molar-refractivity contribution is -0.123. The molecule has 0 bridgehead atoms. The summed E-state index contributed by atoms with van der Waals surface area (Å²) in [5.74, 6) is -0.703. The van der Waals surface area contributed by atoms with Crippen LogP contribution < -0.4 is 15.0 Å². The normalized spacial score (nSPS) is 16.8. The number of nitrogens with zero attached hydrogens (tertiary/aromatic N) is 1. The zero-order valence-corrected chi connectivity index (χ0v) is 13.7. The van der Waals surface area contributed by atoms with Gasteiger partial charge in [0.2, 0.25) is 5.91 Å². The second-order valence-corrected chi connectivity index (χ2v) is 5.93. The number of rotatable bonds is 6. The fourth-order valence-electron chi connectivity index (χ4n) is 2.79. The smallest absolute Gasteiger partial charge is 0.257 e. The number of amides is 2. The number of carbonyl (C=O) groups excluding carboxylic acids is 2. The van der Waals surface area contributed by atoms with Crippen LogP contribution in [0.4, 0.5) is 10.1 Å². The van der Waals surface area contributed by atoms with Gasteiger partial charge in [-0.05, 0) is 24.3 Å². The van der Waals surface area contributed by atoms with Crippen LogP contribution in [-0.4, -0.2) is 31.5 Å². The number of benzene rings is 2. The summed E-state index contributed by atoms with van der Waals surface area (Å²) in [7, 11) is 0. The molecule has 2 amide bonds. The van der Waals surface area contributed by atoms with Gasteiger partial charge in [0.05, 0.1) is 0 Å². The Balaban J connectivity index is 1.45. The summed E-state index contributed by atoms with van der Waals surface area (Å²) in [4.78, 5) is 25.7. The number of hydrogen-bond acceptors (Lipinski definition) is 3. The van der Waals surface area contributed by atoms with E-state index in [0.29, 0.717) is 19.5 Å². The van der Waals surface area contributed by atoms with E-state index < -0.39 is 5.82 Å². The zero-order chi connectivity index (χ0) is 17.6. The molecular weight excluding hydrogens is 323 g/mol. The first-order valence-electron chi connectivity index (χ1n) is 8.13. The summed E-state index contributed by atoms with van der Waals surface area (Å²) in [5, 5.41) is 2.74. The van der Waals surface area contributed by atoms with Gasteiger partial charge in [-0.3, -0.25) is 9.59 Å². The third kappa shape index (κ3) is 4.35. The lowest BCUT2D eigenvalue weighted by atomic mass is 10.1. The molecule has 0 aromatic heterocycles. The molecule has 1 fully saturated rings. The van der Waals surface area contributed by atoms with E-state index in [1.165, 1.54) is 12.1 Å². The summed E-state index contributed by atoms with van der Waals surface area (Å²) in [5.41, 5.74) is 0.865. The summed E-state index contributed by atoms with van der Waals surface area (Å²) >= 11 is 0. The fraction of sp³-hybridized carbons (Fsp3) is 0.263. The zero-order valence-electron chi connectivity index (χ0n) is 13.7. The monoisotopic (exact) mass is 342 g/mol. The van der Waals surface area contributed by atoms with E-state index in [0.717, 1.165) is 5.69 Å². The molecule has 0 radical (unpaired) electrons. The van der Waals surface area contributed by atoms with Gasteiger partial charge in [0.1, 0.15) is 0 Å². The Morgan fingerprint density at radius 3 is 2.64 bits per heavy atom. The van der Waals surface area contributed by atoms with Crippen LogP contribution in [0.15, 0.2) is 54.6 Å². The minimum absolute atomic E-state index is 0.0453. The van der Waals surface area contributed by atoms with Gasteiger partial charge in [-0.2, -0.15) is 0 Å². The van der Waals surface area contributed by atoms with Crippen LogP contribution in [0.25, 0.3) is 0 Å². The van der Waals surface area contributed by atoms with Crippen molar-refractivity contribution in [2.75, 3.05) is 24.6 Å². The van der Waals surface area contributed by atoms with E-state index in [-0.39, 0.29) is 30.1 Å². The molecule has 1 saturated heterocycles. The van der Waals surface area contributed by atoms with Crippen LogP contribution in [0.3, 0.4) is 0 Å². The van der Waals surface area contributed by atoms with E-state index in [1.54, 1.807) is 17.0 Å². The molecule has 25 heavy (non-hydrogen) atoms. The van der Waals surface area contributed by atoms with Crippen LogP contribution in [-0.2, 0) is 9.59 Å². The van der Waals surface area contributed by atoms with Gasteiger partial charge in [-0.15, -0.1) is 0 Å². The summed E-state index contributed by atoms with van der Waals surface area (Å²) in [6, 6.07) is 15.4. The highest BCUT2D eigenvalue weighted by molar-refractivity contribution is 5.95. The average Bonchev–Trinajstić information content (AvgIpc) is 3.01. The molecule has 0 saturated carbocycles. The molecule has 1 aliphatic heterocycles. The van der Waals surface area contributed by atoms with Crippen LogP contribution in [0, 0.1) is 11.7 Å². The highest BCUT2D eigenvalue weighted by Crippen LogP contribution is 2.24. The van der Waals surface area contributed by atoms with Gasteiger partial charge in [0, 0.05) is 31.1 Å². The molecule has 1 unspecified atom stereocenters. The Morgan fingerprint density at radius 2 is 1.88 bits per heavy atom. The number of hydrogen-bond donors (Lipinski definition) is 1. The van der Waals surface area contributed by atoms with E-state index in [1.807, 2.05) is 30.3 Å². The largest absolute Gasteiger partial charge is 0.481 e. The maximum absolute atomic E-state index is 13.4. The van der Waals surface area contributed by atoms with Crippen molar-refractivity contribution in [2.45, 2.75) is 6.42 Å². The van der Waals surface area contributed by atoms with E-state index >= 15 is 0 Å². The number of halogens is 1. The van der Waals surface area contributed by atoms with Gasteiger partial charge < -0.3 is 15.0 Å². The first-order valence-corrected chi connectivity index (χ1v) is 8.13. The number of ether oxygens (including phenoxy) is 1. The third-order valence-corrected chi connectivity index (χ3v) is 4.06. The number of anilines is 1. The minimum Gasteiger partial charge on any atom is -0.481 e. The maximum Gasteiger partial charge on any atom is 0.257 e. The van der Waals surface area contributed by atoms with Crippen molar-refractivity contribution in [3.63, 3.8) is 0 Å². The minimum atomic E-state index is -0.504. The second kappa shape index (κ2) is 7.79. The number of nitrogens with one attached hydrogen (secondary N) is 1. The van der Waals surface area contributed by atoms with Gasteiger partial charge in [-0.25, -0.2) is 4.39 Å². The highest BCUT2D eigenvalue weighted by Gasteiger charge is 2.30. The molecule has 6 heteroatoms. The average molecular weight is 342 g/mol. The molecule has 1 atom stereocenters. The maximum atomic E-state index is 13.4. The van der Waals surface area contributed by atoms with Crippen molar-refractivity contribution in [2.24, 2.45) is 5.92 Å². The van der Waals surface area contributed by atoms with Gasteiger partial charge >= 0.3 is 0 Å². The van der Waals surface area contributed by atoms with Crippen molar-refractivity contribution in [1.29, 1.82) is 0 Å². The van der Waals surface area contributed by atoms with E-state index in [2.05, 4.69) is 5.32 Å². The molecular formula is C19H19FN2O3. The van der Waals surface area contributed by atoms with E-state index in [4.69, 9.17) is 4.74 Å². The molecule has 0 spiro atoms. The van der Waals surface area contributed by atoms with Crippen molar-refractivity contribution in [3.05, 3.63) is 60.4 Å². The molecule has 5 nitrogen and oxygen atoms in total. The van der Waals surface area contributed by atoms with Crippen LogP contribution in [0.1, 0.15) is 6.42 Å². The molecule has 2 aromatic rings. The molecule has 2 aromatic carbocycles. The highest BCUT2D eigenvalue weighted by atomic mass is 19.1. The SMILES string of the molecule is O=C(COc1ccccc1F)NCC1CC(=O)N(c2ccccc2)C1. The lowest BCUT2D eigenvalue weighted by Crippen LogP contribution is -2.34. The molecule has 0 aliphatic carbocycles. The van der Waals surface area contributed by atoms with E-state index in [9.17, 15) is 14.0 Å². The predicted molar refractivity (Wildman–Crippen MR) is 91.8 cm³/mol.